The Morgan fingerprint density at radius 3 is 2.83 bits per heavy atom. The molecule has 0 aromatic heterocycles. The molecule has 0 saturated carbocycles. The standard InChI is InChI=1S/C10H12FO/c1-8(2)7-12-10-5-3-4-9(11)6-10/h3-5,8H,7H2,1-2H3. The highest BCUT2D eigenvalue weighted by molar-refractivity contribution is 5.20. The molecule has 0 amide bonds. The van der Waals surface area contributed by atoms with Gasteiger partial charge in [-0.25, -0.2) is 4.39 Å². The maximum atomic E-state index is 12.6. The van der Waals surface area contributed by atoms with Crippen molar-refractivity contribution >= 4 is 0 Å². The minimum Gasteiger partial charge on any atom is -0.493 e. The fourth-order valence-corrected chi connectivity index (χ4v) is 0.762. The molecule has 1 aromatic carbocycles. The number of halogens is 1. The molecule has 0 bridgehead atoms. The molecule has 0 atom stereocenters. The zero-order valence-corrected chi connectivity index (χ0v) is 7.30. The second kappa shape index (κ2) is 4.10. The van der Waals surface area contributed by atoms with Gasteiger partial charge in [0.15, 0.2) is 0 Å². The van der Waals surface area contributed by atoms with Crippen molar-refractivity contribution in [3.63, 3.8) is 0 Å². The van der Waals surface area contributed by atoms with Gasteiger partial charge in [0.2, 0.25) is 0 Å². The lowest BCUT2D eigenvalue weighted by molar-refractivity contribution is 0.269. The molecule has 0 fully saturated rings. The van der Waals surface area contributed by atoms with E-state index >= 15 is 0 Å². The summed E-state index contributed by atoms with van der Waals surface area (Å²) in [6.07, 6.45) is 0. The lowest BCUT2D eigenvalue weighted by Gasteiger charge is -2.07. The van der Waals surface area contributed by atoms with Crippen LogP contribution in [0.2, 0.25) is 0 Å². The van der Waals surface area contributed by atoms with Gasteiger partial charge in [-0.05, 0) is 18.1 Å². The lowest BCUT2D eigenvalue weighted by Crippen LogP contribution is -2.04. The van der Waals surface area contributed by atoms with Gasteiger partial charge in [0.1, 0.15) is 11.6 Å². The molecular formula is C10H12FO. The van der Waals surface area contributed by atoms with Crippen molar-refractivity contribution in [1.29, 1.82) is 0 Å². The maximum Gasteiger partial charge on any atom is 0.135 e. The third kappa shape index (κ3) is 2.91. The fraction of sp³-hybridized carbons (Fsp3) is 0.400. The molecule has 1 rings (SSSR count). The van der Waals surface area contributed by atoms with Crippen LogP contribution in [0.4, 0.5) is 4.39 Å². The van der Waals surface area contributed by atoms with Crippen molar-refractivity contribution in [2.75, 3.05) is 6.61 Å². The first kappa shape index (κ1) is 9.04. The Balaban J connectivity index is 2.52. The van der Waals surface area contributed by atoms with Crippen LogP contribution in [0.5, 0.6) is 5.75 Å². The second-order valence-corrected chi connectivity index (χ2v) is 3.07. The van der Waals surface area contributed by atoms with Gasteiger partial charge in [0.05, 0.1) is 12.7 Å². The smallest absolute Gasteiger partial charge is 0.135 e. The first-order valence-electron chi connectivity index (χ1n) is 3.99. The van der Waals surface area contributed by atoms with E-state index in [1.165, 1.54) is 6.07 Å². The number of rotatable bonds is 3. The van der Waals surface area contributed by atoms with Gasteiger partial charge in [-0.2, -0.15) is 0 Å². The zero-order chi connectivity index (χ0) is 8.97. The van der Waals surface area contributed by atoms with Crippen LogP contribution in [0.25, 0.3) is 0 Å². The van der Waals surface area contributed by atoms with E-state index in [0.717, 1.165) is 0 Å². The summed E-state index contributed by atoms with van der Waals surface area (Å²) < 4.78 is 17.8. The van der Waals surface area contributed by atoms with Crippen LogP contribution in [0.1, 0.15) is 13.8 Å². The van der Waals surface area contributed by atoms with Gasteiger partial charge in [-0.3, -0.25) is 0 Å². The molecule has 0 spiro atoms. The van der Waals surface area contributed by atoms with Crippen molar-refractivity contribution in [1.82, 2.24) is 0 Å². The summed E-state index contributed by atoms with van der Waals surface area (Å²) >= 11 is 0. The highest BCUT2D eigenvalue weighted by atomic mass is 19.1. The predicted octanol–water partition coefficient (Wildman–Crippen LogP) is 2.66. The van der Waals surface area contributed by atoms with Crippen LogP contribution in [0.3, 0.4) is 0 Å². The predicted molar refractivity (Wildman–Crippen MR) is 45.6 cm³/mol. The summed E-state index contributed by atoms with van der Waals surface area (Å²) in [5.74, 6) is 0.543. The highest BCUT2D eigenvalue weighted by Crippen LogP contribution is 2.11. The zero-order valence-electron chi connectivity index (χ0n) is 7.30. The Kier molecular flexibility index (Phi) is 3.09. The topological polar surface area (TPSA) is 9.23 Å². The first-order chi connectivity index (χ1) is 5.68. The van der Waals surface area contributed by atoms with Gasteiger partial charge < -0.3 is 4.74 Å². The van der Waals surface area contributed by atoms with E-state index in [-0.39, 0.29) is 5.82 Å². The van der Waals surface area contributed by atoms with Crippen molar-refractivity contribution < 1.29 is 9.13 Å². The Morgan fingerprint density at radius 2 is 2.25 bits per heavy atom. The second-order valence-electron chi connectivity index (χ2n) is 3.07. The molecule has 12 heavy (non-hydrogen) atoms. The molecule has 0 unspecified atom stereocenters. The molecule has 0 aliphatic heterocycles. The molecule has 0 saturated heterocycles. The van der Waals surface area contributed by atoms with Crippen LogP contribution in [0, 0.1) is 17.8 Å². The highest BCUT2D eigenvalue weighted by Gasteiger charge is 1.98. The number of hydrogen-bond acceptors (Lipinski definition) is 1. The normalized spacial score (nSPS) is 10.3. The van der Waals surface area contributed by atoms with Gasteiger partial charge >= 0.3 is 0 Å². The Bertz CT molecular complexity index is 245. The van der Waals surface area contributed by atoms with Crippen molar-refractivity contribution in [3.8, 4) is 5.75 Å². The molecule has 0 aliphatic rings. The minimum atomic E-state index is -0.378. The van der Waals surface area contributed by atoms with Crippen LogP contribution in [0.15, 0.2) is 18.2 Å². The van der Waals surface area contributed by atoms with Gasteiger partial charge in [-0.1, -0.05) is 19.9 Å². The molecule has 0 N–H and O–H groups in total. The van der Waals surface area contributed by atoms with Crippen molar-refractivity contribution in [2.45, 2.75) is 13.8 Å². The van der Waals surface area contributed by atoms with E-state index in [4.69, 9.17) is 4.74 Å². The summed E-state index contributed by atoms with van der Waals surface area (Å²) in [6.45, 7) is 4.68. The number of hydrogen-bond donors (Lipinski definition) is 0. The quantitative estimate of drug-likeness (QED) is 0.672. The Hall–Kier alpha value is -1.05. The Labute approximate surface area is 72.2 Å². The molecule has 0 aliphatic carbocycles. The van der Waals surface area contributed by atoms with E-state index in [0.29, 0.717) is 18.3 Å². The minimum absolute atomic E-state index is 0.378. The van der Waals surface area contributed by atoms with Crippen LogP contribution in [-0.2, 0) is 0 Å². The van der Waals surface area contributed by atoms with E-state index < -0.39 is 0 Å². The third-order valence-electron chi connectivity index (χ3n) is 1.30. The maximum absolute atomic E-state index is 12.6. The average molecular weight is 167 g/mol. The van der Waals surface area contributed by atoms with Crippen molar-refractivity contribution in [2.24, 2.45) is 5.92 Å². The van der Waals surface area contributed by atoms with E-state index in [2.05, 4.69) is 6.07 Å². The molecule has 1 radical (unpaired) electrons. The summed E-state index contributed by atoms with van der Waals surface area (Å²) in [7, 11) is 0. The molecular weight excluding hydrogens is 155 g/mol. The Morgan fingerprint density at radius 1 is 1.50 bits per heavy atom. The van der Waals surface area contributed by atoms with Crippen LogP contribution >= 0.6 is 0 Å². The van der Waals surface area contributed by atoms with Crippen molar-refractivity contribution in [3.05, 3.63) is 30.1 Å². The van der Waals surface area contributed by atoms with Crippen LogP contribution in [-0.4, -0.2) is 6.61 Å². The molecule has 1 aromatic rings. The van der Waals surface area contributed by atoms with Gasteiger partial charge in [-0.15, -0.1) is 0 Å². The van der Waals surface area contributed by atoms with E-state index in [1.54, 1.807) is 12.1 Å². The summed E-state index contributed by atoms with van der Waals surface area (Å²) in [5, 5.41) is 0. The molecule has 65 valence electrons. The monoisotopic (exact) mass is 167 g/mol. The van der Waals surface area contributed by atoms with Gasteiger partial charge in [0.25, 0.3) is 0 Å². The van der Waals surface area contributed by atoms with Crippen LogP contribution < -0.4 is 4.74 Å². The molecule has 1 nitrogen and oxygen atoms in total. The first-order valence-corrected chi connectivity index (χ1v) is 3.99. The number of ether oxygens (including phenoxy) is 1. The van der Waals surface area contributed by atoms with E-state index in [1.807, 2.05) is 13.8 Å². The summed E-state index contributed by atoms with van der Waals surface area (Å²) in [4.78, 5) is 0. The SMILES string of the molecule is CC(C)COc1[c]c(F)ccc1. The average Bonchev–Trinajstić information content (AvgIpc) is 2.01. The largest absolute Gasteiger partial charge is 0.493 e. The number of benzene rings is 1. The summed E-state index contributed by atoms with van der Waals surface area (Å²) in [5.41, 5.74) is 0. The van der Waals surface area contributed by atoms with Gasteiger partial charge in [0, 0.05) is 0 Å². The van der Waals surface area contributed by atoms with E-state index in [9.17, 15) is 4.39 Å². The molecule has 2 heteroatoms. The molecule has 0 heterocycles. The lowest BCUT2D eigenvalue weighted by atomic mass is 10.2. The third-order valence-corrected chi connectivity index (χ3v) is 1.30. The summed E-state index contributed by atoms with van der Waals surface area (Å²) in [6, 6.07) is 7.14. The fourth-order valence-electron chi connectivity index (χ4n) is 0.762.